The molecule has 0 atom stereocenters. The van der Waals surface area contributed by atoms with Gasteiger partial charge in [0.2, 0.25) is 5.78 Å². The summed E-state index contributed by atoms with van der Waals surface area (Å²) in [6.45, 7) is 0.990. The highest BCUT2D eigenvalue weighted by molar-refractivity contribution is 7.07. The van der Waals surface area contributed by atoms with Crippen molar-refractivity contribution >= 4 is 23.1 Å². The Kier molecular flexibility index (Phi) is 5.08. The Hall–Kier alpha value is -2.13. The number of carbonyl (C=O) groups excluding carboxylic acids is 2. The number of ketones is 1. The third kappa shape index (κ3) is 4.03. The second-order valence-corrected chi connectivity index (χ2v) is 4.34. The Morgan fingerprint density at radius 3 is 2.78 bits per heavy atom. The Balaban J connectivity index is 2.47. The number of nitrogens with two attached hydrogens (primary N) is 1. The lowest BCUT2D eigenvalue weighted by atomic mass is 10.1. The Morgan fingerprint density at radius 1 is 1.56 bits per heavy atom. The molecule has 0 amide bonds. The van der Waals surface area contributed by atoms with Crippen molar-refractivity contribution in [3.05, 3.63) is 33.7 Å². The van der Waals surface area contributed by atoms with Crippen molar-refractivity contribution in [1.29, 1.82) is 5.26 Å². The largest absolute Gasteiger partial charge is 0.457 e. The summed E-state index contributed by atoms with van der Waals surface area (Å²) >= 11 is 1.48. The standard InChI is InChI=1S/C12H12N2O3S/c1-8(14)10(5-13)11(15)6-17-12(16)4-9-2-3-18-7-9/h2-3,7H,4,6,14H2,1H3. The van der Waals surface area contributed by atoms with Crippen LogP contribution < -0.4 is 5.73 Å². The zero-order valence-electron chi connectivity index (χ0n) is 9.80. The van der Waals surface area contributed by atoms with Crippen LogP contribution in [0.2, 0.25) is 0 Å². The SMILES string of the molecule is CC(N)=C(C#N)C(=O)COC(=O)Cc1ccsc1. The third-order valence-electron chi connectivity index (χ3n) is 2.08. The molecule has 1 aromatic heterocycles. The van der Waals surface area contributed by atoms with Gasteiger partial charge in [0.1, 0.15) is 11.6 Å². The van der Waals surface area contributed by atoms with Crippen LogP contribution in [0.5, 0.6) is 0 Å². The van der Waals surface area contributed by atoms with E-state index in [-0.39, 0.29) is 17.7 Å². The summed E-state index contributed by atoms with van der Waals surface area (Å²) in [5.74, 6) is -1.09. The highest BCUT2D eigenvalue weighted by Gasteiger charge is 2.14. The molecule has 0 fully saturated rings. The van der Waals surface area contributed by atoms with Gasteiger partial charge in [0.25, 0.3) is 0 Å². The van der Waals surface area contributed by atoms with Gasteiger partial charge in [-0.2, -0.15) is 16.6 Å². The van der Waals surface area contributed by atoms with Gasteiger partial charge in [0, 0.05) is 5.70 Å². The highest BCUT2D eigenvalue weighted by Crippen LogP contribution is 2.07. The summed E-state index contributed by atoms with van der Waals surface area (Å²) in [7, 11) is 0. The van der Waals surface area contributed by atoms with E-state index in [1.54, 1.807) is 12.1 Å². The molecule has 0 saturated heterocycles. The summed E-state index contributed by atoms with van der Waals surface area (Å²) in [6.07, 6.45) is 0.115. The molecule has 0 radical (unpaired) electrons. The quantitative estimate of drug-likeness (QED) is 0.489. The summed E-state index contributed by atoms with van der Waals surface area (Å²) < 4.78 is 4.79. The molecular weight excluding hydrogens is 252 g/mol. The summed E-state index contributed by atoms with van der Waals surface area (Å²) in [5, 5.41) is 12.4. The number of hydrogen-bond donors (Lipinski definition) is 1. The van der Waals surface area contributed by atoms with E-state index in [4.69, 9.17) is 15.7 Å². The van der Waals surface area contributed by atoms with Gasteiger partial charge in [-0.1, -0.05) is 0 Å². The summed E-state index contributed by atoms with van der Waals surface area (Å²) in [6, 6.07) is 3.49. The maximum atomic E-state index is 11.5. The lowest BCUT2D eigenvalue weighted by Gasteiger charge is -2.03. The first-order valence-electron chi connectivity index (χ1n) is 5.11. The lowest BCUT2D eigenvalue weighted by Crippen LogP contribution is -2.18. The smallest absolute Gasteiger partial charge is 0.310 e. The van der Waals surface area contributed by atoms with E-state index in [1.165, 1.54) is 18.3 Å². The minimum atomic E-state index is -0.587. The van der Waals surface area contributed by atoms with E-state index < -0.39 is 18.4 Å². The summed E-state index contributed by atoms with van der Waals surface area (Å²) in [5.41, 5.74) is 6.15. The minimum absolute atomic E-state index is 0.115. The van der Waals surface area contributed by atoms with Crippen molar-refractivity contribution in [2.45, 2.75) is 13.3 Å². The molecule has 1 aromatic rings. The first kappa shape index (κ1) is 13.9. The maximum absolute atomic E-state index is 11.5. The van der Waals surface area contributed by atoms with Crippen LogP contribution in [0.25, 0.3) is 0 Å². The predicted octanol–water partition coefficient (Wildman–Crippen LogP) is 1.16. The molecule has 1 heterocycles. The van der Waals surface area contributed by atoms with Crippen LogP contribution in [-0.2, 0) is 20.7 Å². The van der Waals surface area contributed by atoms with Crippen molar-refractivity contribution in [3.8, 4) is 6.07 Å². The van der Waals surface area contributed by atoms with Crippen molar-refractivity contribution < 1.29 is 14.3 Å². The molecule has 2 N–H and O–H groups in total. The zero-order valence-corrected chi connectivity index (χ0v) is 10.6. The molecule has 6 heteroatoms. The van der Waals surface area contributed by atoms with Crippen LogP contribution in [0.3, 0.4) is 0 Å². The Labute approximate surface area is 108 Å². The molecule has 0 bridgehead atoms. The number of ether oxygens (including phenoxy) is 1. The molecule has 5 nitrogen and oxygen atoms in total. The number of nitriles is 1. The van der Waals surface area contributed by atoms with E-state index in [2.05, 4.69) is 0 Å². The first-order valence-corrected chi connectivity index (χ1v) is 6.05. The van der Waals surface area contributed by atoms with Crippen LogP contribution in [-0.4, -0.2) is 18.4 Å². The second-order valence-electron chi connectivity index (χ2n) is 3.56. The fraction of sp³-hybridized carbons (Fsp3) is 0.250. The average molecular weight is 264 g/mol. The van der Waals surface area contributed by atoms with Crippen LogP contribution in [0.15, 0.2) is 28.1 Å². The molecule has 0 aromatic carbocycles. The average Bonchev–Trinajstić information content (AvgIpc) is 2.79. The number of hydrogen-bond acceptors (Lipinski definition) is 6. The van der Waals surface area contributed by atoms with E-state index >= 15 is 0 Å². The minimum Gasteiger partial charge on any atom is -0.457 e. The van der Waals surface area contributed by atoms with Gasteiger partial charge in [-0.25, -0.2) is 0 Å². The number of thiophene rings is 1. The second kappa shape index (κ2) is 6.57. The van der Waals surface area contributed by atoms with E-state index in [0.717, 1.165) is 5.56 Å². The number of rotatable bonds is 5. The predicted molar refractivity (Wildman–Crippen MR) is 66.5 cm³/mol. The molecule has 1 rings (SSSR count). The van der Waals surface area contributed by atoms with Gasteiger partial charge in [-0.05, 0) is 29.3 Å². The fourth-order valence-corrected chi connectivity index (χ4v) is 1.87. The Bertz CT molecular complexity index is 508. The van der Waals surface area contributed by atoms with Gasteiger partial charge in [0.15, 0.2) is 6.61 Å². The molecule has 0 saturated carbocycles. The molecule has 0 spiro atoms. The third-order valence-corrected chi connectivity index (χ3v) is 2.81. The normalized spacial score (nSPS) is 11.3. The zero-order chi connectivity index (χ0) is 13.5. The van der Waals surface area contributed by atoms with E-state index in [1.807, 2.05) is 10.8 Å². The number of carbonyl (C=O) groups is 2. The van der Waals surface area contributed by atoms with Crippen LogP contribution in [0, 0.1) is 11.3 Å². The highest BCUT2D eigenvalue weighted by atomic mass is 32.1. The van der Waals surface area contributed by atoms with E-state index in [0.29, 0.717) is 0 Å². The fourth-order valence-electron chi connectivity index (χ4n) is 1.20. The summed E-state index contributed by atoms with van der Waals surface area (Å²) in [4.78, 5) is 22.9. The van der Waals surface area contributed by atoms with Crippen molar-refractivity contribution in [2.24, 2.45) is 5.73 Å². The topological polar surface area (TPSA) is 93.2 Å². The van der Waals surface area contributed by atoms with E-state index in [9.17, 15) is 9.59 Å². The van der Waals surface area contributed by atoms with Crippen LogP contribution in [0.1, 0.15) is 12.5 Å². The molecule has 0 aliphatic heterocycles. The van der Waals surface area contributed by atoms with Crippen LogP contribution in [0.4, 0.5) is 0 Å². The van der Waals surface area contributed by atoms with Crippen molar-refractivity contribution in [3.63, 3.8) is 0 Å². The molecule has 94 valence electrons. The molecule has 0 unspecified atom stereocenters. The Morgan fingerprint density at radius 2 is 2.28 bits per heavy atom. The molecular formula is C12H12N2O3S. The lowest BCUT2D eigenvalue weighted by molar-refractivity contribution is -0.146. The maximum Gasteiger partial charge on any atom is 0.310 e. The van der Waals surface area contributed by atoms with Crippen LogP contribution >= 0.6 is 11.3 Å². The molecule has 18 heavy (non-hydrogen) atoms. The number of esters is 1. The van der Waals surface area contributed by atoms with Crippen molar-refractivity contribution in [1.82, 2.24) is 0 Å². The van der Waals surface area contributed by atoms with Gasteiger partial charge < -0.3 is 10.5 Å². The number of Topliss-reactive ketones (excluding diaryl/α,β-unsaturated/α-hetero) is 1. The first-order chi connectivity index (χ1) is 8.54. The molecule has 0 aliphatic carbocycles. The van der Waals surface area contributed by atoms with Gasteiger partial charge in [0.05, 0.1) is 6.42 Å². The molecule has 0 aliphatic rings. The van der Waals surface area contributed by atoms with Gasteiger partial charge in [-0.3, -0.25) is 9.59 Å². The van der Waals surface area contributed by atoms with Crippen molar-refractivity contribution in [2.75, 3.05) is 6.61 Å². The number of nitrogens with zero attached hydrogens (tertiary/aromatic N) is 1. The monoisotopic (exact) mass is 264 g/mol. The number of allylic oxidation sites excluding steroid dienone is 1. The van der Waals surface area contributed by atoms with Gasteiger partial charge in [-0.15, -0.1) is 0 Å². The van der Waals surface area contributed by atoms with Gasteiger partial charge >= 0.3 is 5.97 Å².